The topological polar surface area (TPSA) is 38.5 Å². The number of benzene rings is 2. The van der Waals surface area contributed by atoms with E-state index >= 15 is 0 Å². The van der Waals surface area contributed by atoms with E-state index in [2.05, 4.69) is 13.8 Å². The molecule has 0 N–H and O–H groups in total. The molecule has 144 valence electrons. The standard InChI is InChI=1S/C26H23NO2/c1-17(2)19-12-14-21(15-13-19)26(29)24-22-11-7-8-16-27(22)25(18(3)28)23(24)20-9-5-4-6-10-20/h4-17H,1-3H3. The monoisotopic (exact) mass is 381 g/mol. The molecule has 0 aliphatic carbocycles. The fraction of sp³-hybridized carbons (Fsp3) is 0.154. The quantitative estimate of drug-likeness (QED) is 0.388. The van der Waals surface area contributed by atoms with Crippen molar-refractivity contribution in [3.8, 4) is 11.1 Å². The fourth-order valence-corrected chi connectivity index (χ4v) is 3.83. The van der Waals surface area contributed by atoms with Crippen LogP contribution in [-0.4, -0.2) is 16.0 Å². The molecule has 0 aliphatic heterocycles. The molecule has 0 radical (unpaired) electrons. The van der Waals surface area contributed by atoms with Gasteiger partial charge < -0.3 is 4.40 Å². The second-order valence-electron chi connectivity index (χ2n) is 7.58. The minimum absolute atomic E-state index is 0.0701. The number of hydrogen-bond donors (Lipinski definition) is 0. The number of pyridine rings is 1. The van der Waals surface area contributed by atoms with E-state index in [0.717, 1.165) is 11.1 Å². The van der Waals surface area contributed by atoms with Crippen LogP contribution >= 0.6 is 0 Å². The van der Waals surface area contributed by atoms with E-state index < -0.39 is 0 Å². The van der Waals surface area contributed by atoms with Crippen molar-refractivity contribution >= 4 is 17.1 Å². The number of fused-ring (bicyclic) bond motifs is 1. The van der Waals surface area contributed by atoms with Gasteiger partial charge in [-0.05, 0) is 29.2 Å². The maximum absolute atomic E-state index is 13.6. The summed E-state index contributed by atoms with van der Waals surface area (Å²) in [6.45, 7) is 5.81. The molecule has 4 rings (SSSR count). The number of Topliss-reactive ketones (excluding diaryl/α,β-unsaturated/α-hetero) is 1. The first-order valence-corrected chi connectivity index (χ1v) is 9.83. The third kappa shape index (κ3) is 3.29. The van der Waals surface area contributed by atoms with Crippen molar-refractivity contribution in [2.24, 2.45) is 0 Å². The van der Waals surface area contributed by atoms with Crippen LogP contribution in [0.15, 0.2) is 79.0 Å². The van der Waals surface area contributed by atoms with Crippen molar-refractivity contribution in [1.82, 2.24) is 4.40 Å². The molecule has 0 unspecified atom stereocenters. The van der Waals surface area contributed by atoms with Crippen LogP contribution in [0.5, 0.6) is 0 Å². The second-order valence-corrected chi connectivity index (χ2v) is 7.58. The van der Waals surface area contributed by atoms with Gasteiger partial charge in [-0.25, -0.2) is 0 Å². The van der Waals surface area contributed by atoms with E-state index in [1.54, 1.807) is 6.92 Å². The van der Waals surface area contributed by atoms with Gasteiger partial charge in [-0.3, -0.25) is 9.59 Å². The summed E-state index contributed by atoms with van der Waals surface area (Å²) in [5.74, 6) is 0.258. The van der Waals surface area contributed by atoms with Crippen molar-refractivity contribution in [3.05, 3.63) is 101 Å². The Kier molecular flexibility index (Phi) is 4.89. The molecule has 0 saturated heterocycles. The van der Waals surface area contributed by atoms with Gasteiger partial charge in [0, 0.05) is 24.2 Å². The van der Waals surface area contributed by atoms with E-state index in [0.29, 0.717) is 28.3 Å². The first kappa shape index (κ1) is 18.9. The van der Waals surface area contributed by atoms with Crippen LogP contribution in [-0.2, 0) is 0 Å². The number of rotatable bonds is 5. The van der Waals surface area contributed by atoms with Crippen molar-refractivity contribution in [2.75, 3.05) is 0 Å². The highest BCUT2D eigenvalue weighted by Crippen LogP contribution is 2.35. The molecule has 2 aromatic carbocycles. The van der Waals surface area contributed by atoms with Gasteiger partial charge >= 0.3 is 0 Å². The Morgan fingerprint density at radius 1 is 0.828 bits per heavy atom. The van der Waals surface area contributed by atoms with Crippen molar-refractivity contribution in [3.63, 3.8) is 0 Å². The Labute approximate surface area is 170 Å². The number of nitrogens with zero attached hydrogens (tertiary/aromatic N) is 1. The zero-order valence-corrected chi connectivity index (χ0v) is 16.8. The third-order valence-electron chi connectivity index (χ3n) is 5.31. The molecular formula is C26H23NO2. The van der Waals surface area contributed by atoms with E-state index in [9.17, 15) is 9.59 Å². The van der Waals surface area contributed by atoms with E-state index in [4.69, 9.17) is 0 Å². The SMILES string of the molecule is CC(=O)c1c(-c2ccccc2)c(C(=O)c2ccc(C(C)C)cc2)c2ccccn12. The number of hydrogen-bond acceptors (Lipinski definition) is 2. The number of carbonyl (C=O) groups excluding carboxylic acids is 2. The number of carbonyl (C=O) groups is 2. The molecule has 0 atom stereocenters. The molecule has 2 heterocycles. The zero-order chi connectivity index (χ0) is 20.5. The largest absolute Gasteiger partial charge is 0.313 e. The lowest BCUT2D eigenvalue weighted by Crippen LogP contribution is -2.04. The van der Waals surface area contributed by atoms with Crippen molar-refractivity contribution in [1.29, 1.82) is 0 Å². The molecule has 0 fully saturated rings. The van der Waals surface area contributed by atoms with E-state index in [1.807, 2.05) is 83.4 Å². The Morgan fingerprint density at radius 3 is 2.10 bits per heavy atom. The highest BCUT2D eigenvalue weighted by molar-refractivity contribution is 6.20. The first-order chi connectivity index (χ1) is 14.0. The lowest BCUT2D eigenvalue weighted by Gasteiger charge is -2.09. The van der Waals surface area contributed by atoms with Gasteiger partial charge in [0.25, 0.3) is 0 Å². The summed E-state index contributed by atoms with van der Waals surface area (Å²) in [6, 6.07) is 23.1. The summed E-state index contributed by atoms with van der Waals surface area (Å²) in [5, 5.41) is 0. The van der Waals surface area contributed by atoms with Crippen LogP contribution in [0.3, 0.4) is 0 Å². The average Bonchev–Trinajstić information content (AvgIpc) is 3.09. The number of ketones is 2. The fourth-order valence-electron chi connectivity index (χ4n) is 3.83. The van der Waals surface area contributed by atoms with Crippen LogP contribution < -0.4 is 0 Å². The molecular weight excluding hydrogens is 358 g/mol. The normalized spacial score (nSPS) is 11.2. The van der Waals surface area contributed by atoms with Gasteiger partial charge in [0.2, 0.25) is 0 Å². The van der Waals surface area contributed by atoms with Gasteiger partial charge in [0.15, 0.2) is 11.6 Å². The minimum atomic E-state index is -0.0737. The predicted octanol–water partition coefficient (Wildman–Crippen LogP) is 6.16. The maximum atomic E-state index is 13.6. The van der Waals surface area contributed by atoms with Crippen LogP contribution in [0.1, 0.15) is 58.7 Å². The van der Waals surface area contributed by atoms with Crippen molar-refractivity contribution in [2.45, 2.75) is 26.7 Å². The van der Waals surface area contributed by atoms with Crippen molar-refractivity contribution < 1.29 is 9.59 Å². The predicted molar refractivity (Wildman–Crippen MR) is 117 cm³/mol. The Bertz CT molecular complexity index is 1200. The Hall–Kier alpha value is -3.46. The van der Waals surface area contributed by atoms with E-state index in [-0.39, 0.29) is 11.6 Å². The minimum Gasteiger partial charge on any atom is -0.313 e. The molecule has 4 aromatic rings. The zero-order valence-electron chi connectivity index (χ0n) is 16.8. The lowest BCUT2D eigenvalue weighted by atomic mass is 9.93. The van der Waals surface area contributed by atoms with Crippen LogP contribution in [0, 0.1) is 0 Å². The smallest absolute Gasteiger partial charge is 0.195 e. The third-order valence-corrected chi connectivity index (χ3v) is 5.31. The summed E-state index contributed by atoms with van der Waals surface area (Å²) in [7, 11) is 0. The molecule has 0 aliphatic rings. The molecule has 3 nitrogen and oxygen atoms in total. The maximum Gasteiger partial charge on any atom is 0.195 e. The molecule has 0 saturated carbocycles. The van der Waals surface area contributed by atoms with Gasteiger partial charge in [0.05, 0.1) is 16.8 Å². The molecule has 2 aromatic heterocycles. The van der Waals surface area contributed by atoms with E-state index in [1.165, 1.54) is 5.56 Å². The van der Waals surface area contributed by atoms with Gasteiger partial charge in [-0.15, -0.1) is 0 Å². The highest BCUT2D eigenvalue weighted by atomic mass is 16.1. The van der Waals surface area contributed by atoms with Gasteiger partial charge in [-0.1, -0.05) is 74.5 Å². The average molecular weight is 381 g/mol. The Morgan fingerprint density at radius 2 is 1.48 bits per heavy atom. The first-order valence-electron chi connectivity index (χ1n) is 9.83. The number of aromatic nitrogens is 1. The summed E-state index contributed by atoms with van der Waals surface area (Å²) in [6.07, 6.45) is 1.84. The lowest BCUT2D eigenvalue weighted by molar-refractivity contribution is 0.101. The second kappa shape index (κ2) is 7.51. The summed E-state index contributed by atoms with van der Waals surface area (Å²) >= 11 is 0. The molecule has 0 amide bonds. The van der Waals surface area contributed by atoms with Gasteiger partial charge in [-0.2, -0.15) is 0 Å². The van der Waals surface area contributed by atoms with Crippen LogP contribution in [0.4, 0.5) is 0 Å². The van der Waals surface area contributed by atoms with Crippen LogP contribution in [0.25, 0.3) is 16.6 Å². The molecule has 0 spiro atoms. The summed E-state index contributed by atoms with van der Waals surface area (Å²) in [5.41, 5.74) is 5.22. The summed E-state index contributed by atoms with van der Waals surface area (Å²) in [4.78, 5) is 26.3. The molecule has 0 bridgehead atoms. The Balaban J connectivity index is 2.00. The molecule has 29 heavy (non-hydrogen) atoms. The summed E-state index contributed by atoms with van der Waals surface area (Å²) < 4.78 is 1.83. The van der Waals surface area contributed by atoms with Crippen LogP contribution in [0.2, 0.25) is 0 Å². The van der Waals surface area contributed by atoms with Gasteiger partial charge in [0.1, 0.15) is 0 Å². The molecule has 3 heteroatoms. The highest BCUT2D eigenvalue weighted by Gasteiger charge is 2.27.